The van der Waals surface area contributed by atoms with E-state index in [2.05, 4.69) is 20.9 Å². The number of H-pyrrole nitrogens is 1. The second-order valence-electron chi connectivity index (χ2n) is 12.0. The Hall–Kier alpha value is -2.47. The van der Waals surface area contributed by atoms with Gasteiger partial charge in [-0.25, -0.2) is 9.59 Å². The van der Waals surface area contributed by atoms with Gasteiger partial charge in [-0.1, -0.05) is 48.0 Å². The molecule has 1 aromatic rings. The summed E-state index contributed by atoms with van der Waals surface area (Å²) in [4.78, 5) is 40.9. The first-order valence-corrected chi connectivity index (χ1v) is 15.6. The third kappa shape index (κ3) is 6.69. The maximum atomic E-state index is 13.2. The number of aliphatic hydroxyl groups excluding tert-OH is 1. The van der Waals surface area contributed by atoms with Gasteiger partial charge in [0, 0.05) is 37.0 Å². The lowest BCUT2D eigenvalue weighted by Gasteiger charge is -2.45. The highest BCUT2D eigenvalue weighted by molar-refractivity contribution is 9.09. The number of carbonyl (C=O) groups is 3. The van der Waals surface area contributed by atoms with E-state index in [1.807, 2.05) is 39.0 Å². The molecule has 0 amide bonds. The largest absolute Gasteiger partial charge is 0.458 e. The molecule has 3 N–H and O–H groups in total. The predicted molar refractivity (Wildman–Crippen MR) is 157 cm³/mol. The van der Waals surface area contributed by atoms with E-state index in [-0.39, 0.29) is 29.5 Å². The molecule has 3 aliphatic rings. The summed E-state index contributed by atoms with van der Waals surface area (Å²) in [5, 5.41) is 23.2. The van der Waals surface area contributed by atoms with Gasteiger partial charge in [0.2, 0.25) is 0 Å². The summed E-state index contributed by atoms with van der Waals surface area (Å²) in [5.74, 6) is -3.15. The number of halogens is 1. The number of aliphatic hydroxyl groups is 2. The first-order valence-electron chi connectivity index (χ1n) is 14.5. The summed E-state index contributed by atoms with van der Waals surface area (Å²) in [6.07, 6.45) is 4.64. The van der Waals surface area contributed by atoms with Gasteiger partial charge in [0.15, 0.2) is 6.10 Å². The van der Waals surface area contributed by atoms with Gasteiger partial charge in [0.1, 0.15) is 29.3 Å². The third-order valence-corrected chi connectivity index (χ3v) is 9.75. The average molecular weight is 653 g/mol. The minimum atomic E-state index is -1.35. The molecule has 1 aliphatic heterocycles. The van der Waals surface area contributed by atoms with Crippen molar-refractivity contribution in [2.24, 2.45) is 29.6 Å². The lowest BCUT2D eigenvalue weighted by Crippen LogP contribution is -2.49. The number of aromatic nitrogens is 1. The summed E-state index contributed by atoms with van der Waals surface area (Å²) in [6, 6.07) is 3.36. The Morgan fingerprint density at radius 2 is 2.00 bits per heavy atom. The van der Waals surface area contributed by atoms with Crippen LogP contribution in [0.1, 0.15) is 57.4 Å². The standard InChI is InChI=1S/C31H42BrNO9/c1-16-11-17(2)31(38)14-20(22-13-24(34)18(3)28(22)42-29(36)23-7-6-10-33-23)8-9-21(31)12-25(39-5)30(37)41-27(16)19(4)40-26(35)15-32/h6-11,16,18-22,24-25,27-28,33-34,38H,12-15H2,1-5H3/b17-11+/t16-,18-,19-,20-,21-,22-,24+,25+,27+,28-,31+/m1/s1. The first kappa shape index (κ1) is 32.4. The summed E-state index contributed by atoms with van der Waals surface area (Å²) in [5.41, 5.74) is -0.325. The molecule has 0 saturated heterocycles. The van der Waals surface area contributed by atoms with Gasteiger partial charge in [-0.15, -0.1) is 0 Å². The number of allylic oxidation sites excluding steroid dienone is 1. The van der Waals surface area contributed by atoms with E-state index < -0.39 is 65.9 Å². The fourth-order valence-electron chi connectivity index (χ4n) is 6.83. The SMILES string of the molecule is CO[C@H]1C[C@H]2C=C[C@@H]([C@H]3C[C@H](O)[C@@H](C)[C@H]3OC(=O)c3ccc[nH]3)C[C@]2(O)/C(C)=C/[C@@H](C)[C@@H]([C@@H](C)OC(=O)CBr)OC1=O. The van der Waals surface area contributed by atoms with Gasteiger partial charge in [-0.3, -0.25) is 4.79 Å². The molecule has 42 heavy (non-hydrogen) atoms. The van der Waals surface area contributed by atoms with Crippen molar-refractivity contribution in [3.05, 3.63) is 47.8 Å². The number of rotatable bonds is 7. The van der Waals surface area contributed by atoms with Crippen LogP contribution in [-0.4, -0.2) is 81.7 Å². The molecule has 10 nitrogen and oxygen atoms in total. The summed E-state index contributed by atoms with van der Waals surface area (Å²) >= 11 is 3.09. The lowest BCUT2D eigenvalue weighted by atomic mass is 9.65. The number of fused-ring (bicyclic) bond motifs is 1. The van der Waals surface area contributed by atoms with E-state index in [0.29, 0.717) is 24.1 Å². The molecule has 1 saturated carbocycles. The van der Waals surface area contributed by atoms with Crippen molar-refractivity contribution >= 4 is 33.8 Å². The zero-order chi connectivity index (χ0) is 30.8. The minimum Gasteiger partial charge on any atom is -0.458 e. The molecule has 0 bridgehead atoms. The number of hydrogen-bond acceptors (Lipinski definition) is 9. The molecule has 11 heteroatoms. The van der Waals surface area contributed by atoms with Crippen molar-refractivity contribution in [1.29, 1.82) is 0 Å². The van der Waals surface area contributed by atoms with E-state index in [4.69, 9.17) is 18.9 Å². The molecule has 1 fully saturated rings. The van der Waals surface area contributed by atoms with Gasteiger partial charge >= 0.3 is 17.9 Å². The van der Waals surface area contributed by atoms with Crippen LogP contribution in [-0.2, 0) is 28.5 Å². The highest BCUT2D eigenvalue weighted by Crippen LogP contribution is 2.48. The predicted octanol–water partition coefficient (Wildman–Crippen LogP) is 3.72. The molecule has 11 atom stereocenters. The molecule has 0 aromatic carbocycles. The number of carbonyl (C=O) groups excluding carboxylic acids is 3. The van der Waals surface area contributed by atoms with Gasteiger partial charge in [0.05, 0.1) is 11.7 Å². The van der Waals surface area contributed by atoms with Gasteiger partial charge in [0.25, 0.3) is 0 Å². The number of alkyl halides is 1. The molecular weight excluding hydrogens is 610 g/mol. The second kappa shape index (κ2) is 13.4. The smallest absolute Gasteiger partial charge is 0.355 e. The van der Waals surface area contributed by atoms with Crippen molar-refractivity contribution in [2.75, 3.05) is 12.4 Å². The van der Waals surface area contributed by atoms with Crippen LogP contribution in [0.3, 0.4) is 0 Å². The minimum absolute atomic E-state index is 0.00684. The molecule has 0 unspecified atom stereocenters. The Bertz CT molecular complexity index is 1180. The van der Waals surface area contributed by atoms with Crippen LogP contribution in [0.5, 0.6) is 0 Å². The molecule has 0 spiro atoms. The van der Waals surface area contributed by atoms with Crippen LogP contribution < -0.4 is 0 Å². The summed E-state index contributed by atoms with van der Waals surface area (Å²) in [6.45, 7) is 7.25. The van der Waals surface area contributed by atoms with Crippen molar-refractivity contribution in [3.8, 4) is 0 Å². The van der Waals surface area contributed by atoms with Crippen LogP contribution in [0, 0.1) is 29.6 Å². The maximum Gasteiger partial charge on any atom is 0.355 e. The van der Waals surface area contributed by atoms with Gasteiger partial charge in [-0.2, -0.15) is 0 Å². The van der Waals surface area contributed by atoms with Crippen LogP contribution >= 0.6 is 15.9 Å². The number of hydrogen-bond donors (Lipinski definition) is 3. The number of nitrogens with one attached hydrogen (secondary N) is 1. The van der Waals surface area contributed by atoms with E-state index in [0.717, 1.165) is 0 Å². The van der Waals surface area contributed by atoms with E-state index in [1.54, 1.807) is 25.3 Å². The Balaban J connectivity index is 1.65. The molecule has 2 aliphatic carbocycles. The van der Waals surface area contributed by atoms with Crippen LogP contribution in [0.15, 0.2) is 42.1 Å². The quantitative estimate of drug-likeness (QED) is 0.174. The highest BCUT2D eigenvalue weighted by atomic mass is 79.9. The molecular formula is C31H42BrNO9. The Morgan fingerprint density at radius 3 is 2.64 bits per heavy atom. The van der Waals surface area contributed by atoms with Crippen LogP contribution in [0.25, 0.3) is 0 Å². The van der Waals surface area contributed by atoms with Crippen LogP contribution in [0.4, 0.5) is 0 Å². The topological polar surface area (TPSA) is 144 Å². The fourth-order valence-corrected chi connectivity index (χ4v) is 6.96. The zero-order valence-corrected chi connectivity index (χ0v) is 26.3. The Labute approximate surface area is 254 Å². The van der Waals surface area contributed by atoms with Gasteiger partial charge < -0.3 is 34.1 Å². The summed E-state index contributed by atoms with van der Waals surface area (Å²) < 4.78 is 22.8. The number of aromatic amines is 1. The first-order chi connectivity index (χ1) is 19.9. The normalized spacial score (nSPS) is 38.9. The fraction of sp³-hybridized carbons (Fsp3) is 0.645. The monoisotopic (exact) mass is 651 g/mol. The maximum absolute atomic E-state index is 13.2. The Kier molecular flexibility index (Phi) is 10.4. The van der Waals surface area contributed by atoms with E-state index >= 15 is 0 Å². The zero-order valence-electron chi connectivity index (χ0n) is 24.7. The molecule has 232 valence electrons. The summed E-state index contributed by atoms with van der Waals surface area (Å²) in [7, 11) is 1.42. The van der Waals surface area contributed by atoms with Crippen molar-refractivity contribution < 1.29 is 43.5 Å². The van der Waals surface area contributed by atoms with Crippen molar-refractivity contribution in [1.82, 2.24) is 4.98 Å². The number of ether oxygens (including phenoxy) is 4. The van der Waals surface area contributed by atoms with Crippen molar-refractivity contribution in [2.45, 2.75) is 83.1 Å². The third-order valence-electron chi connectivity index (χ3n) is 9.29. The molecule has 1 aromatic heterocycles. The lowest BCUT2D eigenvalue weighted by molar-refractivity contribution is -0.177. The molecule has 0 radical (unpaired) electrons. The van der Waals surface area contributed by atoms with E-state index in [1.165, 1.54) is 7.11 Å². The second-order valence-corrected chi connectivity index (χ2v) is 12.5. The molecule has 2 heterocycles. The number of cyclic esters (lactones) is 1. The number of methoxy groups -OCH3 is 1. The van der Waals surface area contributed by atoms with E-state index in [9.17, 15) is 24.6 Å². The highest BCUT2D eigenvalue weighted by Gasteiger charge is 2.51. The number of esters is 3. The van der Waals surface area contributed by atoms with Crippen LogP contribution in [0.2, 0.25) is 0 Å². The Morgan fingerprint density at radius 1 is 1.26 bits per heavy atom. The molecule has 4 rings (SSSR count). The van der Waals surface area contributed by atoms with Gasteiger partial charge in [-0.05, 0) is 56.7 Å². The van der Waals surface area contributed by atoms with Crippen molar-refractivity contribution in [3.63, 3.8) is 0 Å². The average Bonchev–Trinajstić information content (AvgIpc) is 3.59.